The van der Waals surface area contributed by atoms with Crippen molar-refractivity contribution in [2.45, 2.75) is 44.6 Å². The molecule has 20 heavy (non-hydrogen) atoms. The maximum Gasteiger partial charge on any atom is 0.348 e. The van der Waals surface area contributed by atoms with Crippen molar-refractivity contribution in [2.75, 3.05) is 0 Å². The molecule has 2 aliphatic rings. The van der Waals surface area contributed by atoms with Crippen LogP contribution in [0.4, 0.5) is 0 Å². The van der Waals surface area contributed by atoms with E-state index in [1.165, 1.54) is 6.08 Å². The van der Waals surface area contributed by atoms with Gasteiger partial charge in [0.15, 0.2) is 0 Å². The van der Waals surface area contributed by atoms with Gasteiger partial charge in [-0.3, -0.25) is 0 Å². The number of carbonyl (C=O) groups excluding carboxylic acids is 2. The quantitative estimate of drug-likeness (QED) is 0.240. The Morgan fingerprint density at radius 3 is 2.15 bits per heavy atom. The molecule has 0 aromatic rings. The first kappa shape index (κ1) is 15.3. The Balaban J connectivity index is 2.21. The molecule has 1 saturated heterocycles. The van der Waals surface area contributed by atoms with E-state index in [2.05, 4.69) is 15.9 Å². The lowest BCUT2D eigenvalue weighted by molar-refractivity contribution is -0.261. The van der Waals surface area contributed by atoms with Gasteiger partial charge in [0.05, 0.1) is 6.10 Å². The Bertz CT molecular complexity index is 480. The second kappa shape index (κ2) is 5.00. The van der Waals surface area contributed by atoms with Crippen molar-refractivity contribution < 1.29 is 23.8 Å². The molecule has 2 aliphatic heterocycles. The smallest absolute Gasteiger partial charge is 0.348 e. The summed E-state index contributed by atoms with van der Waals surface area (Å²) >= 11 is 3.25. The summed E-state index contributed by atoms with van der Waals surface area (Å²) in [4.78, 5) is 24.1. The predicted octanol–water partition coefficient (Wildman–Crippen LogP) is 2.45. The fourth-order valence-electron chi connectivity index (χ4n) is 1.71. The minimum atomic E-state index is -1.27. The van der Waals surface area contributed by atoms with Crippen LogP contribution in [0, 0.1) is 5.41 Å². The number of ether oxygens (including phenoxy) is 3. The van der Waals surface area contributed by atoms with Crippen LogP contribution in [0.1, 0.15) is 27.7 Å². The van der Waals surface area contributed by atoms with Crippen LogP contribution in [0.3, 0.4) is 0 Å². The first-order chi connectivity index (χ1) is 9.12. The number of halogens is 1. The van der Waals surface area contributed by atoms with Gasteiger partial charge >= 0.3 is 11.9 Å². The molecule has 1 fully saturated rings. The molecule has 0 N–H and O–H groups in total. The van der Waals surface area contributed by atoms with E-state index in [0.717, 1.165) is 0 Å². The minimum absolute atomic E-state index is 0.136. The third kappa shape index (κ3) is 2.81. The van der Waals surface area contributed by atoms with E-state index in [0.29, 0.717) is 0 Å². The topological polar surface area (TPSA) is 61.8 Å². The summed E-state index contributed by atoms with van der Waals surface area (Å²) in [5.41, 5.74) is -0.655. The number of hydrogen-bond acceptors (Lipinski definition) is 5. The third-order valence-corrected chi connectivity index (χ3v) is 3.97. The van der Waals surface area contributed by atoms with Gasteiger partial charge in [0.2, 0.25) is 0 Å². The molecule has 110 valence electrons. The summed E-state index contributed by atoms with van der Waals surface area (Å²) < 4.78 is 16.0. The van der Waals surface area contributed by atoms with Gasteiger partial charge in [0.1, 0.15) is 10.6 Å². The fourth-order valence-corrected chi connectivity index (χ4v) is 2.13. The van der Waals surface area contributed by atoms with E-state index in [1.54, 1.807) is 19.1 Å². The van der Waals surface area contributed by atoms with E-state index in [1.807, 2.05) is 20.8 Å². The van der Waals surface area contributed by atoms with Crippen LogP contribution in [0.2, 0.25) is 0 Å². The first-order valence-corrected chi connectivity index (χ1v) is 7.20. The Morgan fingerprint density at radius 1 is 1.20 bits per heavy atom. The SMILES string of the molecule is CC(C)(C)C1(C)OC(=O)C(=CC2C=CC(Br)O2)C(=O)O1. The zero-order chi connectivity index (χ0) is 15.1. The summed E-state index contributed by atoms with van der Waals surface area (Å²) in [5, 5.41) is -0.222. The lowest BCUT2D eigenvalue weighted by atomic mass is 9.85. The van der Waals surface area contributed by atoms with E-state index in [4.69, 9.17) is 14.2 Å². The van der Waals surface area contributed by atoms with Crippen LogP contribution in [0.25, 0.3) is 0 Å². The molecule has 0 aromatic heterocycles. The molecule has 0 amide bonds. The van der Waals surface area contributed by atoms with Crippen LogP contribution in [-0.2, 0) is 23.8 Å². The van der Waals surface area contributed by atoms with Gasteiger partial charge in [-0.05, 0) is 12.2 Å². The van der Waals surface area contributed by atoms with Gasteiger partial charge in [-0.15, -0.1) is 0 Å². The van der Waals surface area contributed by atoms with Crippen molar-refractivity contribution in [1.29, 1.82) is 0 Å². The highest BCUT2D eigenvalue weighted by atomic mass is 79.9. The maximum atomic E-state index is 12.1. The number of hydrogen-bond donors (Lipinski definition) is 0. The monoisotopic (exact) mass is 344 g/mol. The number of esters is 2. The van der Waals surface area contributed by atoms with Crippen molar-refractivity contribution in [1.82, 2.24) is 0 Å². The highest BCUT2D eigenvalue weighted by Crippen LogP contribution is 2.38. The average Bonchev–Trinajstić information content (AvgIpc) is 2.68. The first-order valence-electron chi connectivity index (χ1n) is 6.29. The zero-order valence-electron chi connectivity index (χ0n) is 11.8. The van der Waals surface area contributed by atoms with Crippen LogP contribution < -0.4 is 0 Å². The molecule has 5 nitrogen and oxygen atoms in total. The molecule has 0 aromatic carbocycles. The Hall–Kier alpha value is -1.14. The molecule has 2 rings (SSSR count). The number of carbonyl (C=O) groups is 2. The van der Waals surface area contributed by atoms with E-state index < -0.39 is 29.2 Å². The molecule has 0 radical (unpaired) electrons. The lowest BCUT2D eigenvalue weighted by Gasteiger charge is -2.42. The largest absolute Gasteiger partial charge is 0.418 e. The van der Waals surface area contributed by atoms with Crippen molar-refractivity contribution in [3.05, 3.63) is 23.8 Å². The maximum absolute atomic E-state index is 12.1. The molecule has 2 atom stereocenters. The summed E-state index contributed by atoms with van der Waals surface area (Å²) in [7, 11) is 0. The third-order valence-electron chi connectivity index (χ3n) is 3.45. The van der Waals surface area contributed by atoms with Gasteiger partial charge in [0, 0.05) is 12.3 Å². The lowest BCUT2D eigenvalue weighted by Crippen LogP contribution is -2.52. The van der Waals surface area contributed by atoms with E-state index in [-0.39, 0.29) is 10.6 Å². The minimum Gasteiger partial charge on any atom is -0.418 e. The summed E-state index contributed by atoms with van der Waals surface area (Å²) in [5.74, 6) is -2.65. The molecular weight excluding hydrogens is 328 g/mol. The van der Waals surface area contributed by atoms with Gasteiger partial charge in [-0.25, -0.2) is 9.59 Å². The summed E-state index contributed by atoms with van der Waals surface area (Å²) in [6.45, 7) is 7.08. The van der Waals surface area contributed by atoms with Crippen LogP contribution in [-0.4, -0.2) is 28.8 Å². The molecule has 0 spiro atoms. The Kier molecular flexibility index (Phi) is 3.81. The van der Waals surface area contributed by atoms with E-state index >= 15 is 0 Å². The van der Waals surface area contributed by atoms with Gasteiger partial charge in [0.25, 0.3) is 5.79 Å². The van der Waals surface area contributed by atoms with E-state index in [9.17, 15) is 9.59 Å². The van der Waals surface area contributed by atoms with Gasteiger partial charge < -0.3 is 14.2 Å². The van der Waals surface area contributed by atoms with Crippen LogP contribution >= 0.6 is 15.9 Å². The number of alkyl halides is 1. The molecule has 2 unspecified atom stereocenters. The normalized spacial score (nSPS) is 34.0. The zero-order valence-corrected chi connectivity index (χ0v) is 13.4. The summed E-state index contributed by atoms with van der Waals surface area (Å²) in [6.07, 6.45) is 4.48. The molecule has 0 aliphatic carbocycles. The number of rotatable bonds is 1. The van der Waals surface area contributed by atoms with Crippen LogP contribution in [0.15, 0.2) is 23.8 Å². The highest BCUT2D eigenvalue weighted by molar-refractivity contribution is 9.09. The molecule has 6 heteroatoms. The molecular formula is C14H17BrO5. The number of cyclic esters (lactones) is 2. The second-order valence-electron chi connectivity index (χ2n) is 5.89. The van der Waals surface area contributed by atoms with Crippen LogP contribution in [0.5, 0.6) is 0 Å². The molecule has 0 bridgehead atoms. The predicted molar refractivity (Wildman–Crippen MR) is 74.9 cm³/mol. The Morgan fingerprint density at radius 2 is 1.75 bits per heavy atom. The van der Waals surface area contributed by atoms with Gasteiger partial charge in [-0.1, -0.05) is 42.8 Å². The Labute approximate surface area is 126 Å². The van der Waals surface area contributed by atoms with Gasteiger partial charge in [-0.2, -0.15) is 0 Å². The fraction of sp³-hybridized carbons (Fsp3) is 0.571. The van der Waals surface area contributed by atoms with Crippen molar-refractivity contribution in [2.24, 2.45) is 5.41 Å². The molecule has 0 saturated carbocycles. The highest BCUT2D eigenvalue weighted by Gasteiger charge is 2.50. The van der Waals surface area contributed by atoms with Crippen molar-refractivity contribution in [3.8, 4) is 0 Å². The second-order valence-corrected chi connectivity index (χ2v) is 6.79. The average molecular weight is 345 g/mol. The van der Waals surface area contributed by atoms with Crippen molar-refractivity contribution >= 4 is 27.9 Å². The molecule has 2 heterocycles. The standard InChI is InChI=1S/C14H17BrO5/c1-13(2,3)14(4)19-11(16)9(12(17)20-14)7-8-5-6-10(15)18-8/h5-8,10H,1-4H3. The van der Waals surface area contributed by atoms with Crippen molar-refractivity contribution in [3.63, 3.8) is 0 Å². The summed E-state index contributed by atoms with van der Waals surface area (Å²) in [6, 6.07) is 0.